The molecule has 3 N–H and O–H groups in total. The Balaban J connectivity index is 0.000000226. The molecule has 3 aromatic carbocycles. The molecule has 3 nitrogen and oxygen atoms in total. The van der Waals surface area contributed by atoms with Gasteiger partial charge in [0.1, 0.15) is 17.2 Å². The van der Waals surface area contributed by atoms with Crippen molar-refractivity contribution in [2.24, 2.45) is 17.8 Å². The molecular weight excluding hydrogens is 480 g/mol. The summed E-state index contributed by atoms with van der Waals surface area (Å²) in [5.41, 5.74) is 4.69. The summed E-state index contributed by atoms with van der Waals surface area (Å²) in [6.07, 6.45) is 13.8. The molecule has 1 unspecified atom stereocenters. The average Bonchev–Trinajstić information content (AvgIpc) is 2.94. The van der Waals surface area contributed by atoms with Gasteiger partial charge in [-0.05, 0) is 95.2 Å². The van der Waals surface area contributed by atoms with E-state index in [1.165, 1.54) is 43.2 Å². The maximum Gasteiger partial charge on any atom is 0.115 e. The number of phenols is 3. The second-order valence-corrected chi connectivity index (χ2v) is 11.8. The van der Waals surface area contributed by atoms with Gasteiger partial charge in [0.15, 0.2) is 0 Å². The standard InChI is InChI=1S/C24H28O2.C12H16O/c1-16(2)18-5-14-23(17(3)4)24(15-18,19-6-10-21(25)11-7-19)20-8-12-22(26)13-9-20;13-12-8-6-11(7-9-12)10-4-2-1-3-5-10/h5-17,23,25-26H,1-4H3;6-10,13H,1-5H2. The Labute approximate surface area is 234 Å². The van der Waals surface area contributed by atoms with E-state index in [0.717, 1.165) is 17.0 Å². The van der Waals surface area contributed by atoms with Crippen LogP contribution in [0.2, 0.25) is 0 Å². The minimum atomic E-state index is -0.329. The summed E-state index contributed by atoms with van der Waals surface area (Å²) in [5.74, 6) is 2.80. The van der Waals surface area contributed by atoms with E-state index < -0.39 is 0 Å². The number of phenolic OH excluding ortho intramolecular Hbond substituents is 3. The third-order valence-corrected chi connectivity index (χ3v) is 8.46. The van der Waals surface area contributed by atoms with Gasteiger partial charge in [0, 0.05) is 5.41 Å². The zero-order chi connectivity index (χ0) is 28.0. The second-order valence-electron chi connectivity index (χ2n) is 11.8. The topological polar surface area (TPSA) is 60.7 Å². The van der Waals surface area contributed by atoms with Crippen LogP contribution in [0.1, 0.15) is 82.4 Å². The first-order chi connectivity index (χ1) is 18.7. The van der Waals surface area contributed by atoms with Crippen LogP contribution in [0.15, 0.2) is 96.6 Å². The monoisotopic (exact) mass is 524 g/mol. The summed E-state index contributed by atoms with van der Waals surface area (Å²) in [6.45, 7) is 8.92. The summed E-state index contributed by atoms with van der Waals surface area (Å²) < 4.78 is 0. The SMILES string of the molecule is CC(C)C1=CC(c2ccc(O)cc2)(c2ccc(O)cc2)C(C(C)C)C=C1.Oc1ccc(C2CCCCC2)cc1. The lowest BCUT2D eigenvalue weighted by Crippen LogP contribution is -2.39. The fourth-order valence-electron chi connectivity index (χ4n) is 6.26. The van der Waals surface area contributed by atoms with E-state index in [1.54, 1.807) is 36.4 Å². The third-order valence-electron chi connectivity index (χ3n) is 8.46. The van der Waals surface area contributed by atoms with E-state index in [9.17, 15) is 10.2 Å². The predicted molar refractivity (Wildman–Crippen MR) is 161 cm³/mol. The van der Waals surface area contributed by atoms with Gasteiger partial charge in [-0.2, -0.15) is 0 Å². The Kier molecular flexibility index (Phi) is 9.22. The minimum absolute atomic E-state index is 0.273. The molecule has 3 heteroatoms. The fraction of sp³-hybridized carbons (Fsp3) is 0.389. The van der Waals surface area contributed by atoms with Crippen LogP contribution in [0.4, 0.5) is 0 Å². The van der Waals surface area contributed by atoms with Crippen molar-refractivity contribution in [1.82, 2.24) is 0 Å². The van der Waals surface area contributed by atoms with Crippen molar-refractivity contribution in [2.75, 3.05) is 0 Å². The zero-order valence-electron chi connectivity index (χ0n) is 23.8. The van der Waals surface area contributed by atoms with Crippen molar-refractivity contribution in [3.8, 4) is 17.2 Å². The van der Waals surface area contributed by atoms with Gasteiger partial charge < -0.3 is 15.3 Å². The Bertz CT molecular complexity index is 1200. The molecule has 0 aliphatic heterocycles. The molecule has 39 heavy (non-hydrogen) atoms. The molecule has 0 heterocycles. The lowest BCUT2D eigenvalue weighted by Gasteiger charge is -2.43. The molecule has 1 fully saturated rings. The van der Waals surface area contributed by atoms with Crippen molar-refractivity contribution in [2.45, 2.75) is 71.1 Å². The van der Waals surface area contributed by atoms with Gasteiger partial charge in [0.2, 0.25) is 0 Å². The Morgan fingerprint density at radius 1 is 0.641 bits per heavy atom. The lowest BCUT2D eigenvalue weighted by molar-refractivity contribution is 0.345. The van der Waals surface area contributed by atoms with Crippen molar-refractivity contribution in [3.63, 3.8) is 0 Å². The highest BCUT2D eigenvalue weighted by molar-refractivity contribution is 5.53. The van der Waals surface area contributed by atoms with Crippen molar-refractivity contribution in [3.05, 3.63) is 113 Å². The molecule has 5 rings (SSSR count). The zero-order valence-corrected chi connectivity index (χ0v) is 23.8. The van der Waals surface area contributed by atoms with E-state index in [0.29, 0.717) is 17.6 Å². The summed E-state index contributed by atoms with van der Waals surface area (Å²) in [5, 5.41) is 28.8. The van der Waals surface area contributed by atoms with Gasteiger partial charge in [-0.3, -0.25) is 0 Å². The number of hydrogen-bond acceptors (Lipinski definition) is 3. The van der Waals surface area contributed by atoms with Crippen LogP contribution in [0.3, 0.4) is 0 Å². The van der Waals surface area contributed by atoms with Crippen LogP contribution in [0.25, 0.3) is 0 Å². The summed E-state index contributed by atoms with van der Waals surface area (Å²) in [7, 11) is 0. The first kappa shape index (κ1) is 28.5. The van der Waals surface area contributed by atoms with Crippen LogP contribution in [0.5, 0.6) is 17.2 Å². The molecule has 0 bridgehead atoms. The van der Waals surface area contributed by atoms with Crippen molar-refractivity contribution < 1.29 is 15.3 Å². The summed E-state index contributed by atoms with van der Waals surface area (Å²) in [6, 6.07) is 22.8. The number of rotatable bonds is 5. The maximum absolute atomic E-state index is 9.80. The Morgan fingerprint density at radius 2 is 1.10 bits per heavy atom. The lowest BCUT2D eigenvalue weighted by atomic mass is 9.59. The number of benzene rings is 3. The largest absolute Gasteiger partial charge is 0.508 e. The number of allylic oxidation sites excluding steroid dienone is 4. The Hall–Kier alpha value is -3.46. The smallest absolute Gasteiger partial charge is 0.115 e. The molecule has 2 aliphatic rings. The first-order valence-electron chi connectivity index (χ1n) is 14.5. The second kappa shape index (κ2) is 12.6. The first-order valence-corrected chi connectivity index (χ1v) is 14.5. The average molecular weight is 525 g/mol. The molecule has 1 atom stereocenters. The van der Waals surface area contributed by atoms with Crippen LogP contribution in [0, 0.1) is 17.8 Å². The van der Waals surface area contributed by atoms with Gasteiger partial charge in [-0.1, -0.05) is 102 Å². The van der Waals surface area contributed by atoms with Crippen LogP contribution in [-0.4, -0.2) is 15.3 Å². The Morgan fingerprint density at radius 3 is 1.54 bits per heavy atom. The van der Waals surface area contributed by atoms with Crippen LogP contribution >= 0.6 is 0 Å². The van der Waals surface area contributed by atoms with Crippen LogP contribution in [-0.2, 0) is 5.41 Å². The molecule has 206 valence electrons. The number of aromatic hydroxyl groups is 3. The van der Waals surface area contributed by atoms with E-state index in [-0.39, 0.29) is 22.8 Å². The fourth-order valence-corrected chi connectivity index (χ4v) is 6.26. The molecular formula is C36H44O3. The summed E-state index contributed by atoms with van der Waals surface area (Å²) in [4.78, 5) is 0. The molecule has 2 aliphatic carbocycles. The highest BCUT2D eigenvalue weighted by Gasteiger charge is 2.42. The van der Waals surface area contributed by atoms with Gasteiger partial charge in [-0.25, -0.2) is 0 Å². The number of hydrogen-bond donors (Lipinski definition) is 3. The van der Waals surface area contributed by atoms with E-state index in [4.69, 9.17) is 5.11 Å². The highest BCUT2D eigenvalue weighted by atomic mass is 16.3. The minimum Gasteiger partial charge on any atom is -0.508 e. The molecule has 0 saturated heterocycles. The van der Waals surface area contributed by atoms with Gasteiger partial charge >= 0.3 is 0 Å². The highest BCUT2D eigenvalue weighted by Crippen LogP contribution is 2.49. The molecule has 3 aromatic rings. The van der Waals surface area contributed by atoms with Crippen molar-refractivity contribution >= 4 is 0 Å². The predicted octanol–water partition coefficient (Wildman–Crippen LogP) is 9.25. The molecule has 1 saturated carbocycles. The maximum atomic E-state index is 9.80. The van der Waals surface area contributed by atoms with E-state index >= 15 is 0 Å². The molecule has 0 aromatic heterocycles. The quantitative estimate of drug-likeness (QED) is 0.312. The summed E-state index contributed by atoms with van der Waals surface area (Å²) >= 11 is 0. The van der Waals surface area contributed by atoms with E-state index in [1.807, 2.05) is 24.3 Å². The van der Waals surface area contributed by atoms with Crippen molar-refractivity contribution in [1.29, 1.82) is 0 Å². The third kappa shape index (κ3) is 6.58. The normalized spacial score (nSPS) is 18.9. The van der Waals surface area contributed by atoms with Crippen LogP contribution < -0.4 is 0 Å². The van der Waals surface area contributed by atoms with E-state index in [2.05, 4.69) is 58.1 Å². The molecule has 0 radical (unpaired) electrons. The van der Waals surface area contributed by atoms with Gasteiger partial charge in [0.05, 0.1) is 0 Å². The van der Waals surface area contributed by atoms with Gasteiger partial charge in [0.25, 0.3) is 0 Å². The molecule has 0 amide bonds. The van der Waals surface area contributed by atoms with Gasteiger partial charge in [-0.15, -0.1) is 0 Å². The molecule has 0 spiro atoms.